The number of ether oxygens (including phenoxy) is 1. The summed E-state index contributed by atoms with van der Waals surface area (Å²) in [6, 6.07) is 13.0. The molecule has 2 aromatic heterocycles. The van der Waals surface area contributed by atoms with Crippen molar-refractivity contribution in [3.8, 4) is 17.0 Å². The Morgan fingerprint density at radius 3 is 2.77 bits per heavy atom. The number of nitrogens with one attached hydrogen (secondary N) is 1. The standard InChI is InChI=1S/C16H13ClN4O/c1-22-12-5-2-4-11(10-12)20-16-19-9-7-14(21-16)13-6-3-8-18-15(13)17/h2-10H,1H3,(H,19,20,21). The number of pyridine rings is 1. The SMILES string of the molecule is COc1cccc(Nc2nccc(-c3cccnc3Cl)n2)c1. The predicted octanol–water partition coefficient (Wildman–Crippen LogP) is 3.94. The molecular formula is C16H13ClN4O. The Kier molecular flexibility index (Phi) is 4.16. The summed E-state index contributed by atoms with van der Waals surface area (Å²) in [7, 11) is 1.63. The average Bonchev–Trinajstić information content (AvgIpc) is 2.56. The Bertz CT molecular complexity index is 794. The molecule has 2 heterocycles. The average molecular weight is 313 g/mol. The van der Waals surface area contributed by atoms with Crippen LogP contribution in [0, 0.1) is 0 Å². The summed E-state index contributed by atoms with van der Waals surface area (Å²) in [5.74, 6) is 1.24. The Balaban J connectivity index is 1.90. The first-order valence-electron chi connectivity index (χ1n) is 6.61. The number of hydrogen-bond donors (Lipinski definition) is 1. The van der Waals surface area contributed by atoms with Crippen LogP contribution in [-0.4, -0.2) is 22.1 Å². The molecule has 0 aliphatic rings. The van der Waals surface area contributed by atoms with Crippen LogP contribution in [0.5, 0.6) is 5.75 Å². The van der Waals surface area contributed by atoms with Gasteiger partial charge in [-0.15, -0.1) is 0 Å². The molecule has 0 atom stereocenters. The van der Waals surface area contributed by atoms with Crippen LogP contribution in [0.4, 0.5) is 11.6 Å². The van der Waals surface area contributed by atoms with Crippen LogP contribution in [0.25, 0.3) is 11.3 Å². The summed E-state index contributed by atoms with van der Waals surface area (Å²) in [5.41, 5.74) is 2.31. The zero-order valence-corrected chi connectivity index (χ0v) is 12.6. The van der Waals surface area contributed by atoms with E-state index < -0.39 is 0 Å². The largest absolute Gasteiger partial charge is 0.497 e. The van der Waals surface area contributed by atoms with Crippen LogP contribution in [0.1, 0.15) is 0 Å². The Morgan fingerprint density at radius 1 is 1.05 bits per heavy atom. The maximum absolute atomic E-state index is 6.10. The van der Waals surface area contributed by atoms with Crippen molar-refractivity contribution in [2.75, 3.05) is 12.4 Å². The lowest BCUT2D eigenvalue weighted by atomic mass is 10.2. The van der Waals surface area contributed by atoms with E-state index in [1.807, 2.05) is 36.4 Å². The summed E-state index contributed by atoms with van der Waals surface area (Å²) in [6.07, 6.45) is 3.32. The van der Waals surface area contributed by atoms with Gasteiger partial charge in [-0.1, -0.05) is 17.7 Å². The molecule has 3 rings (SSSR count). The third-order valence-corrected chi connectivity index (χ3v) is 3.32. The van der Waals surface area contributed by atoms with E-state index in [9.17, 15) is 0 Å². The van der Waals surface area contributed by atoms with Gasteiger partial charge in [0.25, 0.3) is 0 Å². The molecule has 0 amide bonds. The molecule has 0 spiro atoms. The Labute approximate surface area is 133 Å². The molecular weight excluding hydrogens is 300 g/mol. The van der Waals surface area contributed by atoms with Crippen molar-refractivity contribution in [2.24, 2.45) is 0 Å². The zero-order valence-electron chi connectivity index (χ0n) is 11.8. The Morgan fingerprint density at radius 2 is 1.95 bits per heavy atom. The van der Waals surface area contributed by atoms with Crippen molar-refractivity contribution in [3.05, 3.63) is 60.0 Å². The topological polar surface area (TPSA) is 59.9 Å². The van der Waals surface area contributed by atoms with Crippen LogP contribution in [0.3, 0.4) is 0 Å². The molecule has 1 N–H and O–H groups in total. The van der Waals surface area contributed by atoms with E-state index in [1.165, 1.54) is 0 Å². The van der Waals surface area contributed by atoms with Gasteiger partial charge < -0.3 is 10.1 Å². The number of anilines is 2. The minimum atomic E-state index is 0.411. The van der Waals surface area contributed by atoms with E-state index in [2.05, 4.69) is 20.3 Å². The molecule has 3 aromatic rings. The van der Waals surface area contributed by atoms with E-state index in [4.69, 9.17) is 16.3 Å². The maximum Gasteiger partial charge on any atom is 0.227 e. The minimum Gasteiger partial charge on any atom is -0.497 e. The number of halogens is 1. The van der Waals surface area contributed by atoms with Gasteiger partial charge in [0.05, 0.1) is 12.8 Å². The highest BCUT2D eigenvalue weighted by Crippen LogP contribution is 2.25. The van der Waals surface area contributed by atoms with Crippen LogP contribution in [0.15, 0.2) is 54.9 Å². The lowest BCUT2D eigenvalue weighted by Crippen LogP contribution is -1.98. The van der Waals surface area contributed by atoms with E-state index in [-0.39, 0.29) is 0 Å². The summed E-state index contributed by atoms with van der Waals surface area (Å²) < 4.78 is 5.19. The number of methoxy groups -OCH3 is 1. The smallest absolute Gasteiger partial charge is 0.227 e. The van der Waals surface area contributed by atoms with Gasteiger partial charge in [0.2, 0.25) is 5.95 Å². The molecule has 5 nitrogen and oxygen atoms in total. The van der Waals surface area contributed by atoms with Crippen molar-refractivity contribution in [1.29, 1.82) is 0 Å². The highest BCUT2D eigenvalue weighted by atomic mass is 35.5. The second kappa shape index (κ2) is 6.41. The number of aromatic nitrogens is 3. The third kappa shape index (κ3) is 3.15. The van der Waals surface area contributed by atoms with Gasteiger partial charge >= 0.3 is 0 Å². The molecule has 110 valence electrons. The van der Waals surface area contributed by atoms with Crippen molar-refractivity contribution >= 4 is 23.2 Å². The van der Waals surface area contributed by atoms with E-state index in [1.54, 1.807) is 25.6 Å². The van der Waals surface area contributed by atoms with Gasteiger partial charge in [-0.25, -0.2) is 15.0 Å². The number of hydrogen-bond acceptors (Lipinski definition) is 5. The van der Waals surface area contributed by atoms with Gasteiger partial charge in [-0.3, -0.25) is 0 Å². The first-order chi connectivity index (χ1) is 10.8. The summed E-state index contributed by atoms with van der Waals surface area (Å²) in [4.78, 5) is 12.7. The molecule has 22 heavy (non-hydrogen) atoms. The number of benzene rings is 1. The second-order valence-corrected chi connectivity index (χ2v) is 4.82. The molecule has 0 saturated carbocycles. The number of nitrogens with zero attached hydrogens (tertiary/aromatic N) is 3. The fraction of sp³-hybridized carbons (Fsp3) is 0.0625. The zero-order chi connectivity index (χ0) is 15.4. The highest BCUT2D eigenvalue weighted by molar-refractivity contribution is 6.32. The molecule has 0 fully saturated rings. The van der Waals surface area contributed by atoms with E-state index >= 15 is 0 Å². The Hall–Kier alpha value is -2.66. The minimum absolute atomic E-state index is 0.411. The van der Waals surface area contributed by atoms with Crippen molar-refractivity contribution < 1.29 is 4.74 Å². The molecule has 0 aliphatic carbocycles. The van der Waals surface area contributed by atoms with E-state index in [0.717, 1.165) is 17.0 Å². The highest BCUT2D eigenvalue weighted by Gasteiger charge is 2.07. The summed E-state index contributed by atoms with van der Waals surface area (Å²) in [6.45, 7) is 0. The summed E-state index contributed by atoms with van der Waals surface area (Å²) in [5, 5.41) is 3.55. The second-order valence-electron chi connectivity index (χ2n) is 4.46. The molecule has 0 bridgehead atoms. The number of rotatable bonds is 4. The van der Waals surface area contributed by atoms with Gasteiger partial charge in [-0.2, -0.15) is 0 Å². The van der Waals surface area contributed by atoms with Crippen LogP contribution < -0.4 is 10.1 Å². The van der Waals surface area contributed by atoms with Crippen LogP contribution in [0.2, 0.25) is 5.15 Å². The normalized spacial score (nSPS) is 10.3. The van der Waals surface area contributed by atoms with Crippen molar-refractivity contribution in [3.63, 3.8) is 0 Å². The molecule has 0 saturated heterocycles. The lowest BCUT2D eigenvalue weighted by molar-refractivity contribution is 0.415. The lowest BCUT2D eigenvalue weighted by Gasteiger charge is -2.08. The quantitative estimate of drug-likeness (QED) is 0.739. The first kappa shape index (κ1) is 14.3. The van der Waals surface area contributed by atoms with Crippen LogP contribution >= 0.6 is 11.6 Å². The third-order valence-electron chi connectivity index (χ3n) is 3.02. The fourth-order valence-corrected chi connectivity index (χ4v) is 2.19. The van der Waals surface area contributed by atoms with Gasteiger partial charge in [0.1, 0.15) is 10.9 Å². The monoisotopic (exact) mass is 312 g/mol. The molecule has 0 radical (unpaired) electrons. The van der Waals surface area contributed by atoms with Gasteiger partial charge in [0.15, 0.2) is 0 Å². The van der Waals surface area contributed by atoms with Crippen LogP contribution in [-0.2, 0) is 0 Å². The predicted molar refractivity (Wildman–Crippen MR) is 86.5 cm³/mol. The molecule has 0 aliphatic heterocycles. The molecule has 6 heteroatoms. The first-order valence-corrected chi connectivity index (χ1v) is 6.99. The maximum atomic E-state index is 6.10. The summed E-state index contributed by atoms with van der Waals surface area (Å²) >= 11 is 6.10. The fourth-order valence-electron chi connectivity index (χ4n) is 1.98. The molecule has 1 aromatic carbocycles. The van der Waals surface area contributed by atoms with Crippen molar-refractivity contribution in [1.82, 2.24) is 15.0 Å². The molecule has 0 unspecified atom stereocenters. The van der Waals surface area contributed by atoms with Crippen molar-refractivity contribution in [2.45, 2.75) is 0 Å². The van der Waals surface area contributed by atoms with Gasteiger partial charge in [-0.05, 0) is 30.3 Å². The van der Waals surface area contributed by atoms with Gasteiger partial charge in [0, 0.05) is 29.7 Å². The van der Waals surface area contributed by atoms with E-state index in [0.29, 0.717) is 16.8 Å².